The van der Waals surface area contributed by atoms with Crippen molar-refractivity contribution < 1.29 is 31.4 Å². The van der Waals surface area contributed by atoms with E-state index in [4.69, 9.17) is 0 Å². The molecular weight excluding hydrogens is 510 g/mol. The van der Waals surface area contributed by atoms with Gasteiger partial charge in [0.1, 0.15) is 0 Å². The maximum absolute atomic E-state index is 13.1. The van der Waals surface area contributed by atoms with Crippen LogP contribution in [0.5, 0.6) is 0 Å². The third-order valence-corrected chi connectivity index (χ3v) is 8.95. The first-order valence-electron chi connectivity index (χ1n) is 13.1. The first-order chi connectivity index (χ1) is 17.8. The lowest BCUT2D eigenvalue weighted by Crippen LogP contribution is -2.56. The molecule has 0 radical (unpaired) electrons. The van der Waals surface area contributed by atoms with Gasteiger partial charge in [0.05, 0.1) is 6.54 Å². The van der Waals surface area contributed by atoms with Gasteiger partial charge in [-0.05, 0) is 78.5 Å². The van der Waals surface area contributed by atoms with Gasteiger partial charge in [0, 0.05) is 5.56 Å². The first-order valence-corrected chi connectivity index (χ1v) is 13.1. The van der Waals surface area contributed by atoms with Crippen LogP contribution in [0.15, 0.2) is 42.0 Å². The Morgan fingerprint density at radius 1 is 1.11 bits per heavy atom. The van der Waals surface area contributed by atoms with E-state index in [0.717, 1.165) is 37.7 Å². The van der Waals surface area contributed by atoms with Crippen LogP contribution in [0.25, 0.3) is 11.4 Å². The summed E-state index contributed by atoms with van der Waals surface area (Å²) in [5, 5.41) is 21.6. The summed E-state index contributed by atoms with van der Waals surface area (Å²) in [7, 11) is 0. The highest BCUT2D eigenvalue weighted by molar-refractivity contribution is 5.53. The lowest BCUT2D eigenvalue weighted by atomic mass is 9.60. The molecule has 1 aromatic heterocycles. The van der Waals surface area contributed by atoms with Crippen molar-refractivity contribution in [1.29, 1.82) is 0 Å². The highest BCUT2D eigenvalue weighted by atomic mass is 19.4. The van der Waals surface area contributed by atoms with Crippen molar-refractivity contribution in [3.8, 4) is 11.4 Å². The molecule has 0 amide bonds. The zero-order chi connectivity index (χ0) is 27.8. The molecule has 1 aromatic carbocycles. The fourth-order valence-corrected chi connectivity index (χ4v) is 6.91. The first kappa shape index (κ1) is 28.6. The van der Waals surface area contributed by atoms with Crippen LogP contribution >= 0.6 is 0 Å². The van der Waals surface area contributed by atoms with Gasteiger partial charge in [0.25, 0.3) is 5.60 Å². The molecule has 4 atom stereocenters. The molecule has 0 saturated heterocycles. The number of alkyl halides is 6. The number of halogens is 6. The van der Waals surface area contributed by atoms with Crippen molar-refractivity contribution in [1.82, 2.24) is 20.2 Å². The molecule has 0 unspecified atom stereocenters. The minimum Gasteiger partial charge on any atom is -0.374 e. The Hall–Kier alpha value is -2.43. The molecule has 38 heavy (non-hydrogen) atoms. The molecule has 2 aliphatic carbocycles. The lowest BCUT2D eigenvalue weighted by Gasteiger charge is -2.44. The summed E-state index contributed by atoms with van der Waals surface area (Å²) >= 11 is 0. The third-order valence-electron chi connectivity index (χ3n) is 8.95. The van der Waals surface area contributed by atoms with Gasteiger partial charge in [-0.25, -0.2) is 4.68 Å². The third kappa shape index (κ3) is 5.35. The molecule has 1 N–H and O–H groups in total. The smallest absolute Gasteiger partial charge is 0.374 e. The van der Waals surface area contributed by atoms with Crippen LogP contribution in [0.4, 0.5) is 26.3 Å². The van der Waals surface area contributed by atoms with Crippen LogP contribution in [-0.4, -0.2) is 43.3 Å². The van der Waals surface area contributed by atoms with E-state index in [1.807, 2.05) is 37.3 Å². The summed E-state index contributed by atoms with van der Waals surface area (Å²) in [4.78, 5) is 0. The fraction of sp³-hybridized carbons (Fsp3) is 0.667. The number of aliphatic hydroxyl groups is 1. The van der Waals surface area contributed by atoms with E-state index >= 15 is 0 Å². The lowest BCUT2D eigenvalue weighted by molar-refractivity contribution is -0.370. The number of hydrogen-bond acceptors (Lipinski definition) is 4. The molecular formula is C27H34F6N4O. The van der Waals surface area contributed by atoms with Crippen LogP contribution in [0.2, 0.25) is 0 Å². The van der Waals surface area contributed by atoms with Gasteiger partial charge in [0.15, 0.2) is 5.82 Å². The zero-order valence-electron chi connectivity index (χ0n) is 21.6. The Bertz CT molecular complexity index is 1100. The Balaban J connectivity index is 1.42. The van der Waals surface area contributed by atoms with Crippen LogP contribution in [-0.2, 0) is 6.54 Å². The van der Waals surface area contributed by atoms with E-state index in [0.29, 0.717) is 18.3 Å². The van der Waals surface area contributed by atoms with Gasteiger partial charge in [0.2, 0.25) is 0 Å². The standard InChI is InChI=1S/C27H34F6N4O/c1-18(8-6-16-25(38,26(28,29)30)27(31,32)33)21-12-13-22-19(11-7-15-24(21,22)2)14-17-37-23(34-35-36-37)20-9-4-3-5-10-20/h3-5,9-10,14,18,21-22,38H,6-8,11-13,15-17H2,1-2H3/b19-14+/t18-,21-,22+,24-/m1/s1. The number of benzene rings is 1. The number of tetrazole rings is 1. The van der Waals surface area contributed by atoms with Gasteiger partial charge >= 0.3 is 12.4 Å². The minimum absolute atomic E-state index is 0.0562. The number of nitrogens with zero attached hydrogens (tertiary/aromatic N) is 4. The van der Waals surface area contributed by atoms with Gasteiger partial charge in [-0.1, -0.05) is 62.2 Å². The summed E-state index contributed by atoms with van der Waals surface area (Å²) < 4.78 is 80.1. The van der Waals surface area contributed by atoms with Crippen molar-refractivity contribution in [3.63, 3.8) is 0 Å². The summed E-state index contributed by atoms with van der Waals surface area (Å²) in [5.41, 5.74) is -2.50. The molecule has 2 fully saturated rings. The molecule has 5 nitrogen and oxygen atoms in total. The van der Waals surface area contributed by atoms with Crippen molar-refractivity contribution in [2.45, 2.75) is 89.7 Å². The van der Waals surface area contributed by atoms with Crippen LogP contribution in [0.1, 0.15) is 65.2 Å². The average Bonchev–Trinajstić information content (AvgIpc) is 3.46. The highest BCUT2D eigenvalue weighted by Gasteiger charge is 2.69. The SMILES string of the molecule is C[C@H](CCCC(O)(C(F)(F)F)C(F)(F)F)[C@H]1CC[C@H]2/C(=C/Cn3nnnc3-c3ccccc3)CCC[C@]12C. The normalized spacial score (nSPS) is 26.5. The van der Waals surface area contributed by atoms with Crippen molar-refractivity contribution in [3.05, 3.63) is 42.0 Å². The molecule has 0 bridgehead atoms. The van der Waals surface area contributed by atoms with Crippen molar-refractivity contribution in [2.24, 2.45) is 23.2 Å². The molecule has 0 spiro atoms. The quantitative estimate of drug-likeness (QED) is 0.283. The second kappa shape index (κ2) is 10.6. The van der Waals surface area contributed by atoms with Crippen LogP contribution < -0.4 is 0 Å². The van der Waals surface area contributed by atoms with E-state index in [2.05, 4.69) is 28.5 Å². The minimum atomic E-state index is -5.76. The zero-order valence-corrected chi connectivity index (χ0v) is 21.6. The molecule has 2 aliphatic rings. The van der Waals surface area contributed by atoms with Gasteiger partial charge < -0.3 is 5.11 Å². The predicted octanol–water partition coefficient (Wildman–Crippen LogP) is 7.15. The largest absolute Gasteiger partial charge is 0.426 e. The summed E-state index contributed by atoms with van der Waals surface area (Å²) in [5.74, 6) is 1.12. The highest BCUT2D eigenvalue weighted by Crippen LogP contribution is 2.60. The number of aromatic nitrogens is 4. The van der Waals surface area contributed by atoms with E-state index in [1.54, 1.807) is 4.68 Å². The number of allylic oxidation sites excluding steroid dienone is 2. The van der Waals surface area contributed by atoms with Crippen molar-refractivity contribution in [2.75, 3.05) is 0 Å². The maximum atomic E-state index is 13.1. The summed E-state index contributed by atoms with van der Waals surface area (Å²) in [6.45, 7) is 4.66. The van der Waals surface area contributed by atoms with E-state index in [1.165, 1.54) is 5.57 Å². The predicted molar refractivity (Wildman–Crippen MR) is 130 cm³/mol. The molecule has 0 aliphatic heterocycles. The molecule has 210 valence electrons. The topological polar surface area (TPSA) is 63.8 Å². The van der Waals surface area contributed by atoms with Gasteiger partial charge in [-0.15, -0.1) is 5.10 Å². The molecule has 4 rings (SSSR count). The second-order valence-electron chi connectivity index (χ2n) is 11.2. The monoisotopic (exact) mass is 544 g/mol. The van der Waals surface area contributed by atoms with Gasteiger partial charge in [-0.2, -0.15) is 26.3 Å². The molecule has 11 heteroatoms. The average molecular weight is 545 g/mol. The van der Waals surface area contributed by atoms with Gasteiger partial charge in [-0.3, -0.25) is 0 Å². The summed E-state index contributed by atoms with van der Waals surface area (Å²) in [6, 6.07) is 9.66. The van der Waals surface area contributed by atoms with Crippen molar-refractivity contribution >= 4 is 0 Å². The second-order valence-corrected chi connectivity index (χ2v) is 11.2. The number of rotatable bonds is 8. The molecule has 1 heterocycles. The Kier molecular flexibility index (Phi) is 7.99. The van der Waals surface area contributed by atoms with Crippen LogP contribution in [0.3, 0.4) is 0 Å². The summed E-state index contributed by atoms with van der Waals surface area (Å²) in [6.07, 6.45) is -6.15. The van der Waals surface area contributed by atoms with E-state index < -0.39 is 24.4 Å². The number of fused-ring (bicyclic) bond motifs is 1. The van der Waals surface area contributed by atoms with Crippen LogP contribution in [0, 0.1) is 23.2 Å². The fourth-order valence-electron chi connectivity index (χ4n) is 6.91. The number of hydrogen-bond donors (Lipinski definition) is 1. The molecule has 2 aromatic rings. The van der Waals surface area contributed by atoms with E-state index in [-0.39, 0.29) is 30.1 Å². The maximum Gasteiger partial charge on any atom is 0.426 e. The van der Waals surface area contributed by atoms with E-state index in [9.17, 15) is 31.4 Å². The Labute approximate surface area is 218 Å². The Morgan fingerprint density at radius 3 is 2.45 bits per heavy atom. The molecule has 2 saturated carbocycles. The Morgan fingerprint density at radius 2 is 1.79 bits per heavy atom.